The molecule has 9 heteroatoms. The molecule has 2 rings (SSSR count). The van der Waals surface area contributed by atoms with Gasteiger partial charge in [0, 0.05) is 31.9 Å². The Morgan fingerprint density at radius 3 is 2.85 bits per heavy atom. The van der Waals surface area contributed by atoms with E-state index in [2.05, 4.69) is 15.0 Å². The van der Waals surface area contributed by atoms with Crippen LogP contribution in [0.3, 0.4) is 0 Å². The summed E-state index contributed by atoms with van der Waals surface area (Å²) in [5.41, 5.74) is 0. The highest BCUT2D eigenvalue weighted by Crippen LogP contribution is 2.16. The summed E-state index contributed by atoms with van der Waals surface area (Å²) in [6, 6.07) is 2.64. The average molecular weight is 385 g/mol. The summed E-state index contributed by atoms with van der Waals surface area (Å²) in [5, 5.41) is 3.27. The summed E-state index contributed by atoms with van der Waals surface area (Å²) in [4.78, 5) is 15.1. The Balaban J connectivity index is 2.00. The van der Waals surface area contributed by atoms with Gasteiger partial charge in [-0.15, -0.1) is 0 Å². The van der Waals surface area contributed by atoms with Crippen molar-refractivity contribution in [2.75, 3.05) is 13.2 Å². The molecular formula is C17H27N3O5S. The maximum absolute atomic E-state index is 12.6. The summed E-state index contributed by atoms with van der Waals surface area (Å²) in [5.74, 6) is -0.0952. The number of hydrogen-bond donors (Lipinski definition) is 2. The topological polar surface area (TPSA) is 107 Å². The van der Waals surface area contributed by atoms with Crippen molar-refractivity contribution in [3.8, 4) is 0 Å². The summed E-state index contributed by atoms with van der Waals surface area (Å²) in [7, 11) is -3.65. The second-order valence-corrected chi connectivity index (χ2v) is 8.50. The van der Waals surface area contributed by atoms with Crippen LogP contribution >= 0.6 is 0 Å². The predicted octanol–water partition coefficient (Wildman–Crippen LogP) is 1.04. The Morgan fingerprint density at radius 1 is 1.46 bits per heavy atom. The molecule has 0 aromatic carbocycles. The smallest absolute Gasteiger partial charge is 0.304 e. The fraction of sp³-hybridized carbons (Fsp3) is 0.647. The predicted molar refractivity (Wildman–Crippen MR) is 95.7 cm³/mol. The van der Waals surface area contributed by atoms with Crippen molar-refractivity contribution < 1.29 is 22.7 Å². The monoisotopic (exact) mass is 385 g/mol. The van der Waals surface area contributed by atoms with Crippen molar-refractivity contribution >= 4 is 16.0 Å². The third-order valence-corrected chi connectivity index (χ3v) is 5.48. The summed E-state index contributed by atoms with van der Waals surface area (Å²) in [6.45, 7) is 6.30. The molecule has 0 spiro atoms. The molecule has 0 saturated carbocycles. The van der Waals surface area contributed by atoms with E-state index in [4.69, 9.17) is 9.47 Å². The highest BCUT2D eigenvalue weighted by molar-refractivity contribution is 7.89. The Morgan fingerprint density at radius 2 is 2.23 bits per heavy atom. The lowest BCUT2D eigenvalue weighted by molar-refractivity contribution is -0.170. The van der Waals surface area contributed by atoms with E-state index in [1.54, 1.807) is 6.07 Å². The molecule has 0 unspecified atom stereocenters. The number of aromatic nitrogens is 1. The van der Waals surface area contributed by atoms with Gasteiger partial charge in [-0.25, -0.2) is 13.1 Å². The van der Waals surface area contributed by atoms with E-state index < -0.39 is 22.3 Å². The zero-order valence-electron chi connectivity index (χ0n) is 15.3. The van der Waals surface area contributed by atoms with Gasteiger partial charge in [0.1, 0.15) is 4.90 Å². The van der Waals surface area contributed by atoms with E-state index in [1.165, 1.54) is 25.4 Å². The zero-order chi connectivity index (χ0) is 19.2. The fourth-order valence-electron chi connectivity index (χ4n) is 2.87. The standard InChI is InChI=1S/C17H27N3O5S/c1-12(2)9-14(20-26(22,23)15-5-4-7-18-11-15)10-19-16-6-8-24-17(16)25-13(3)21/h4-5,7,11-12,14,16-17,19-20H,6,8-10H2,1-3H3/t14-,16+,17+/m1/s1. The van der Waals surface area contributed by atoms with Gasteiger partial charge in [0.25, 0.3) is 0 Å². The van der Waals surface area contributed by atoms with Crippen LogP contribution in [0.2, 0.25) is 0 Å². The van der Waals surface area contributed by atoms with Crippen LogP contribution in [0.4, 0.5) is 0 Å². The number of carbonyl (C=O) groups excluding carboxylic acids is 1. The van der Waals surface area contributed by atoms with Crippen molar-refractivity contribution in [3.63, 3.8) is 0 Å². The van der Waals surface area contributed by atoms with E-state index in [0.717, 1.165) is 0 Å². The van der Waals surface area contributed by atoms with Gasteiger partial charge in [-0.3, -0.25) is 9.78 Å². The number of hydrogen-bond acceptors (Lipinski definition) is 7. The van der Waals surface area contributed by atoms with Crippen molar-refractivity contribution in [2.24, 2.45) is 5.92 Å². The van der Waals surface area contributed by atoms with Crippen molar-refractivity contribution in [1.82, 2.24) is 15.0 Å². The van der Waals surface area contributed by atoms with Crippen molar-refractivity contribution in [2.45, 2.75) is 56.9 Å². The number of esters is 1. The molecule has 1 saturated heterocycles. The largest absolute Gasteiger partial charge is 0.434 e. The molecule has 3 atom stereocenters. The van der Waals surface area contributed by atoms with Crippen LogP contribution in [0.5, 0.6) is 0 Å². The molecule has 0 bridgehead atoms. The molecule has 1 aliphatic heterocycles. The van der Waals surface area contributed by atoms with Gasteiger partial charge in [0.05, 0.1) is 12.6 Å². The maximum Gasteiger partial charge on any atom is 0.304 e. The molecule has 1 aromatic rings. The lowest BCUT2D eigenvalue weighted by Crippen LogP contribution is -2.48. The Hall–Kier alpha value is -1.55. The number of nitrogens with zero attached hydrogens (tertiary/aromatic N) is 1. The van der Waals surface area contributed by atoms with Crippen molar-refractivity contribution in [3.05, 3.63) is 24.5 Å². The molecule has 2 N–H and O–H groups in total. The third-order valence-electron chi connectivity index (χ3n) is 3.97. The molecule has 26 heavy (non-hydrogen) atoms. The van der Waals surface area contributed by atoms with Crippen LogP contribution in [0.1, 0.15) is 33.6 Å². The van der Waals surface area contributed by atoms with Gasteiger partial charge in [-0.2, -0.15) is 0 Å². The van der Waals surface area contributed by atoms with E-state index >= 15 is 0 Å². The van der Waals surface area contributed by atoms with E-state index in [1.807, 2.05) is 13.8 Å². The van der Waals surface area contributed by atoms with Crippen LogP contribution in [0.15, 0.2) is 29.4 Å². The summed E-state index contributed by atoms with van der Waals surface area (Å²) >= 11 is 0. The summed E-state index contributed by atoms with van der Waals surface area (Å²) < 4.78 is 38.4. The van der Waals surface area contributed by atoms with E-state index in [9.17, 15) is 13.2 Å². The first-order valence-corrected chi connectivity index (χ1v) is 10.2. The molecule has 0 amide bonds. The van der Waals surface area contributed by atoms with Crippen LogP contribution in [0.25, 0.3) is 0 Å². The first-order chi connectivity index (χ1) is 12.3. The quantitative estimate of drug-likeness (QED) is 0.612. The molecule has 2 heterocycles. The SMILES string of the molecule is CC(=O)O[C@@H]1OCC[C@@H]1NC[C@@H](CC(C)C)NS(=O)(=O)c1cccnc1. The van der Waals surface area contributed by atoms with Crippen molar-refractivity contribution in [1.29, 1.82) is 0 Å². The normalized spacial score (nSPS) is 21.7. The first-order valence-electron chi connectivity index (χ1n) is 8.72. The van der Waals surface area contributed by atoms with Gasteiger partial charge >= 0.3 is 5.97 Å². The van der Waals surface area contributed by atoms with Crippen LogP contribution in [-0.4, -0.2) is 50.9 Å². The number of pyridine rings is 1. The minimum Gasteiger partial charge on any atom is -0.434 e. The van der Waals surface area contributed by atoms with Crippen LogP contribution in [-0.2, 0) is 24.3 Å². The molecule has 1 aromatic heterocycles. The highest BCUT2D eigenvalue weighted by atomic mass is 32.2. The van der Waals surface area contributed by atoms with Gasteiger partial charge in [-0.05, 0) is 30.9 Å². The first kappa shape index (κ1) is 20.8. The molecule has 1 aliphatic rings. The minimum absolute atomic E-state index is 0.135. The fourth-order valence-corrected chi connectivity index (χ4v) is 4.08. The van der Waals surface area contributed by atoms with Gasteiger partial charge in [0.2, 0.25) is 16.3 Å². The Bertz CT molecular complexity index is 681. The highest BCUT2D eigenvalue weighted by Gasteiger charge is 2.31. The minimum atomic E-state index is -3.65. The molecule has 0 radical (unpaired) electrons. The molecule has 146 valence electrons. The Labute approximate surface area is 154 Å². The third kappa shape index (κ3) is 6.31. The van der Waals surface area contributed by atoms with Gasteiger partial charge < -0.3 is 14.8 Å². The number of nitrogens with one attached hydrogen (secondary N) is 2. The lowest BCUT2D eigenvalue weighted by atomic mass is 10.0. The van der Waals surface area contributed by atoms with Gasteiger partial charge in [-0.1, -0.05) is 13.8 Å². The Kier molecular flexibility index (Phi) is 7.51. The van der Waals surface area contributed by atoms with Crippen LogP contribution in [0, 0.1) is 5.92 Å². The summed E-state index contributed by atoms with van der Waals surface area (Å²) in [6.07, 6.45) is 3.58. The lowest BCUT2D eigenvalue weighted by Gasteiger charge is -2.25. The second kappa shape index (κ2) is 9.40. The maximum atomic E-state index is 12.6. The molecule has 0 aliphatic carbocycles. The van der Waals surface area contributed by atoms with E-state index in [0.29, 0.717) is 31.9 Å². The van der Waals surface area contributed by atoms with E-state index in [-0.39, 0.29) is 17.0 Å². The second-order valence-electron chi connectivity index (χ2n) is 6.79. The number of sulfonamides is 1. The molecular weight excluding hydrogens is 358 g/mol. The number of carbonyl (C=O) groups is 1. The molecule has 1 fully saturated rings. The average Bonchev–Trinajstić information content (AvgIpc) is 2.99. The van der Waals surface area contributed by atoms with Crippen LogP contribution < -0.4 is 10.0 Å². The molecule has 8 nitrogen and oxygen atoms in total. The zero-order valence-corrected chi connectivity index (χ0v) is 16.2. The van der Waals surface area contributed by atoms with Gasteiger partial charge in [0.15, 0.2) is 0 Å². The number of ether oxygens (including phenoxy) is 2. The number of rotatable bonds is 9.